The van der Waals surface area contributed by atoms with Crippen LogP contribution in [-0.4, -0.2) is 1.93 Å². The fourth-order valence-electron chi connectivity index (χ4n) is 0.145. The zero-order chi connectivity index (χ0) is 4.99. The molecule has 0 aromatic rings. The topological polar surface area (TPSA) is 0 Å². The molecule has 0 aliphatic heterocycles. The van der Waals surface area contributed by atoms with Crippen LogP contribution in [0.3, 0.4) is 0 Å². The van der Waals surface area contributed by atoms with Gasteiger partial charge in [0.15, 0.2) is 0 Å². The van der Waals surface area contributed by atoms with Crippen LogP contribution < -0.4 is 0 Å². The average molecular weight is 308 g/mol. The van der Waals surface area contributed by atoms with E-state index < -0.39 is 0 Å². The molecule has 0 heterocycles. The summed E-state index contributed by atoms with van der Waals surface area (Å²) in [5.74, 6) is 0. The van der Waals surface area contributed by atoms with Gasteiger partial charge in [-0.25, -0.2) is 0 Å². The second-order valence-electron chi connectivity index (χ2n) is 0.860. The third kappa shape index (κ3) is 5.20. The van der Waals surface area contributed by atoms with Crippen LogP contribution in [0.5, 0.6) is 0 Å². The molecular formula is C4H6I2. The second kappa shape index (κ2) is 4.36. The SMILES string of the molecule is C/C=C/C(I)I. The third-order valence-corrected chi connectivity index (χ3v) is 1.17. The fraction of sp³-hybridized carbons (Fsp3) is 0.500. The Balaban J connectivity index is 3.03. The number of rotatable bonds is 1. The van der Waals surface area contributed by atoms with E-state index in [0.29, 0.717) is 1.93 Å². The summed E-state index contributed by atoms with van der Waals surface area (Å²) < 4.78 is 0.658. The molecule has 0 N–H and O–H groups in total. The number of allylic oxidation sites excluding steroid dienone is 2. The Kier molecular flexibility index (Phi) is 5.23. The van der Waals surface area contributed by atoms with E-state index in [1.54, 1.807) is 0 Å². The lowest BCUT2D eigenvalue weighted by atomic mass is 10.6. The van der Waals surface area contributed by atoms with Gasteiger partial charge in [-0.15, -0.1) is 0 Å². The van der Waals surface area contributed by atoms with Crippen molar-refractivity contribution in [2.24, 2.45) is 0 Å². The molecule has 0 aliphatic carbocycles. The first-order valence-corrected chi connectivity index (χ1v) is 4.17. The van der Waals surface area contributed by atoms with E-state index in [2.05, 4.69) is 57.3 Å². The van der Waals surface area contributed by atoms with Gasteiger partial charge in [-0.1, -0.05) is 57.3 Å². The average Bonchev–Trinajstić information content (AvgIpc) is 1.35. The summed E-state index contributed by atoms with van der Waals surface area (Å²) in [6.45, 7) is 2.03. The van der Waals surface area contributed by atoms with Crippen molar-refractivity contribution >= 4 is 45.2 Å². The van der Waals surface area contributed by atoms with Gasteiger partial charge in [-0.3, -0.25) is 0 Å². The molecule has 2 heteroatoms. The molecule has 0 bridgehead atoms. The van der Waals surface area contributed by atoms with Crippen LogP contribution >= 0.6 is 45.2 Å². The summed E-state index contributed by atoms with van der Waals surface area (Å²) in [4.78, 5) is 0. The van der Waals surface area contributed by atoms with Gasteiger partial charge >= 0.3 is 0 Å². The molecule has 0 fully saturated rings. The maximum atomic E-state index is 2.34. The van der Waals surface area contributed by atoms with Gasteiger partial charge in [0.05, 0.1) is 1.93 Å². The minimum absolute atomic E-state index is 0.658. The molecule has 6 heavy (non-hydrogen) atoms. The second-order valence-corrected chi connectivity index (χ2v) is 5.93. The molecule has 0 unspecified atom stereocenters. The predicted octanol–water partition coefficient (Wildman–Crippen LogP) is 2.76. The van der Waals surface area contributed by atoms with Crippen molar-refractivity contribution in [3.63, 3.8) is 0 Å². The van der Waals surface area contributed by atoms with E-state index in [9.17, 15) is 0 Å². The predicted molar refractivity (Wildman–Crippen MR) is 46.6 cm³/mol. The normalized spacial score (nSPS) is 11.3. The highest BCUT2D eigenvalue weighted by Gasteiger charge is 1.81. The van der Waals surface area contributed by atoms with E-state index in [1.165, 1.54) is 0 Å². The molecule has 0 atom stereocenters. The molecule has 0 aromatic carbocycles. The van der Waals surface area contributed by atoms with E-state index >= 15 is 0 Å². The van der Waals surface area contributed by atoms with Gasteiger partial charge in [0.25, 0.3) is 0 Å². The van der Waals surface area contributed by atoms with Crippen molar-refractivity contribution in [3.8, 4) is 0 Å². The number of hydrogen-bond donors (Lipinski definition) is 0. The van der Waals surface area contributed by atoms with Crippen molar-refractivity contribution in [3.05, 3.63) is 12.2 Å². The van der Waals surface area contributed by atoms with Crippen LogP contribution in [0.25, 0.3) is 0 Å². The minimum atomic E-state index is 0.658. The van der Waals surface area contributed by atoms with Gasteiger partial charge in [-0.2, -0.15) is 0 Å². The third-order valence-electron chi connectivity index (χ3n) is 0.338. The molecule has 0 saturated carbocycles. The number of halogens is 2. The maximum absolute atomic E-state index is 2.34. The quantitative estimate of drug-likeness (QED) is 0.397. The Labute approximate surface area is 65.7 Å². The van der Waals surface area contributed by atoms with Crippen LogP contribution in [0.4, 0.5) is 0 Å². The van der Waals surface area contributed by atoms with Crippen molar-refractivity contribution < 1.29 is 0 Å². The zero-order valence-corrected chi connectivity index (χ0v) is 7.80. The van der Waals surface area contributed by atoms with E-state index in [0.717, 1.165) is 0 Å². The largest absolute Gasteiger partial charge is 0.0899 e. The summed E-state index contributed by atoms with van der Waals surface area (Å²) in [5.41, 5.74) is 0. The highest BCUT2D eigenvalue weighted by molar-refractivity contribution is 14.2. The van der Waals surface area contributed by atoms with Crippen LogP contribution in [0.1, 0.15) is 6.92 Å². The van der Waals surface area contributed by atoms with Crippen LogP contribution in [0, 0.1) is 0 Å². The van der Waals surface area contributed by atoms with Crippen molar-refractivity contribution in [2.45, 2.75) is 8.86 Å². The lowest BCUT2D eigenvalue weighted by Gasteiger charge is -1.82. The lowest BCUT2D eigenvalue weighted by Crippen LogP contribution is -1.68. The standard InChI is InChI=1S/C4H6I2/c1-2-3-4(5)6/h2-4H,1H3/b3-2+. The van der Waals surface area contributed by atoms with E-state index in [4.69, 9.17) is 0 Å². The Hall–Kier alpha value is 1.20. The first-order chi connectivity index (χ1) is 2.77. The van der Waals surface area contributed by atoms with Crippen molar-refractivity contribution in [2.75, 3.05) is 0 Å². The summed E-state index contributed by atoms with van der Waals surface area (Å²) in [6.07, 6.45) is 4.20. The molecule has 0 radical (unpaired) electrons. The highest BCUT2D eigenvalue weighted by atomic mass is 127. The molecule has 0 aromatic heterocycles. The summed E-state index contributed by atoms with van der Waals surface area (Å²) in [7, 11) is 0. The Morgan fingerprint density at radius 1 is 1.50 bits per heavy atom. The number of alkyl halides is 2. The van der Waals surface area contributed by atoms with Crippen molar-refractivity contribution in [1.29, 1.82) is 0 Å². The Morgan fingerprint density at radius 2 is 2.00 bits per heavy atom. The van der Waals surface area contributed by atoms with Crippen LogP contribution in [0.15, 0.2) is 12.2 Å². The maximum Gasteiger partial charge on any atom is 0.0805 e. The molecule has 0 spiro atoms. The first-order valence-electron chi connectivity index (χ1n) is 1.68. The Morgan fingerprint density at radius 3 is 2.00 bits per heavy atom. The molecular weight excluding hydrogens is 302 g/mol. The molecule has 0 nitrogen and oxygen atoms in total. The monoisotopic (exact) mass is 308 g/mol. The Bertz CT molecular complexity index is 47.5. The van der Waals surface area contributed by atoms with Gasteiger partial charge < -0.3 is 0 Å². The summed E-state index contributed by atoms with van der Waals surface area (Å²) in [5, 5.41) is 0. The first kappa shape index (κ1) is 7.20. The summed E-state index contributed by atoms with van der Waals surface area (Å²) >= 11 is 4.68. The van der Waals surface area contributed by atoms with Crippen LogP contribution in [-0.2, 0) is 0 Å². The molecule has 0 aliphatic rings. The van der Waals surface area contributed by atoms with Gasteiger partial charge in [0.2, 0.25) is 0 Å². The molecule has 0 rings (SSSR count). The van der Waals surface area contributed by atoms with Gasteiger partial charge in [-0.05, 0) is 6.92 Å². The van der Waals surface area contributed by atoms with Gasteiger partial charge in [0, 0.05) is 0 Å². The van der Waals surface area contributed by atoms with Crippen LogP contribution in [0.2, 0.25) is 0 Å². The number of hydrogen-bond acceptors (Lipinski definition) is 0. The summed E-state index contributed by atoms with van der Waals surface area (Å²) in [6, 6.07) is 0. The van der Waals surface area contributed by atoms with E-state index in [-0.39, 0.29) is 0 Å². The molecule has 0 amide bonds. The molecule has 36 valence electrons. The smallest absolute Gasteiger partial charge is 0.0805 e. The fourth-order valence-corrected chi connectivity index (χ4v) is 0.976. The molecule has 0 saturated heterocycles. The van der Waals surface area contributed by atoms with Gasteiger partial charge in [0.1, 0.15) is 0 Å². The lowest BCUT2D eigenvalue weighted by molar-refractivity contribution is 1.66. The van der Waals surface area contributed by atoms with E-state index in [1.807, 2.05) is 6.92 Å². The highest BCUT2D eigenvalue weighted by Crippen LogP contribution is 2.09. The van der Waals surface area contributed by atoms with Crippen molar-refractivity contribution in [1.82, 2.24) is 0 Å². The minimum Gasteiger partial charge on any atom is -0.0899 e. The zero-order valence-electron chi connectivity index (χ0n) is 3.49.